The molecule has 0 fully saturated rings. The molecule has 2 aromatic heterocycles. The standard InChI is InChI=1S/C10H9BrN2O2S2/c11-8-2-1-6(17-8)3-4-12-10-13-7(5-16-10)9(14)15/h1-2,5H,3-4H2,(H,12,13)(H,14,15). The van der Waals surface area contributed by atoms with E-state index in [0.717, 1.165) is 16.8 Å². The van der Waals surface area contributed by atoms with E-state index in [1.54, 1.807) is 11.3 Å². The van der Waals surface area contributed by atoms with Gasteiger partial charge < -0.3 is 10.4 Å². The Kier molecular flexibility index (Phi) is 4.14. The average Bonchev–Trinajstić information content (AvgIpc) is 2.88. The van der Waals surface area contributed by atoms with Crippen LogP contribution in [-0.2, 0) is 6.42 Å². The van der Waals surface area contributed by atoms with Crippen LogP contribution in [0.1, 0.15) is 15.4 Å². The predicted octanol–water partition coefficient (Wildman–Crippen LogP) is 3.32. The molecule has 0 unspecified atom stereocenters. The van der Waals surface area contributed by atoms with Crippen molar-refractivity contribution in [2.75, 3.05) is 11.9 Å². The number of nitrogens with zero attached hydrogens (tertiary/aromatic N) is 1. The van der Waals surface area contributed by atoms with E-state index in [1.165, 1.54) is 21.6 Å². The zero-order valence-corrected chi connectivity index (χ0v) is 11.9. The van der Waals surface area contributed by atoms with Crippen molar-refractivity contribution >= 4 is 49.7 Å². The second kappa shape index (κ2) is 5.61. The number of halogens is 1. The fourth-order valence-electron chi connectivity index (χ4n) is 1.23. The molecule has 0 aliphatic rings. The molecule has 0 atom stereocenters. The summed E-state index contributed by atoms with van der Waals surface area (Å²) in [4.78, 5) is 15.9. The highest BCUT2D eigenvalue weighted by Gasteiger charge is 2.07. The van der Waals surface area contributed by atoms with E-state index in [2.05, 4.69) is 32.3 Å². The predicted molar refractivity (Wildman–Crippen MR) is 73.3 cm³/mol. The van der Waals surface area contributed by atoms with E-state index in [-0.39, 0.29) is 5.69 Å². The number of hydrogen-bond acceptors (Lipinski definition) is 5. The van der Waals surface area contributed by atoms with Crippen molar-refractivity contribution in [3.8, 4) is 0 Å². The van der Waals surface area contributed by atoms with Crippen molar-refractivity contribution in [3.63, 3.8) is 0 Å². The van der Waals surface area contributed by atoms with Gasteiger partial charge in [0, 0.05) is 16.8 Å². The third kappa shape index (κ3) is 3.52. The molecule has 0 spiro atoms. The van der Waals surface area contributed by atoms with Crippen LogP contribution in [0.15, 0.2) is 21.3 Å². The summed E-state index contributed by atoms with van der Waals surface area (Å²) in [5.41, 5.74) is 0.0939. The molecule has 0 aliphatic carbocycles. The van der Waals surface area contributed by atoms with Gasteiger partial charge in [-0.1, -0.05) is 0 Å². The Labute approximate surface area is 114 Å². The molecule has 0 saturated heterocycles. The van der Waals surface area contributed by atoms with Gasteiger partial charge in [-0.05, 0) is 34.5 Å². The third-order valence-corrected chi connectivity index (χ3v) is 4.48. The Bertz CT molecular complexity index is 524. The molecule has 7 heteroatoms. The van der Waals surface area contributed by atoms with Crippen LogP contribution >= 0.6 is 38.6 Å². The van der Waals surface area contributed by atoms with Crippen LogP contribution in [-0.4, -0.2) is 22.6 Å². The first-order chi connectivity index (χ1) is 8.15. The summed E-state index contributed by atoms with van der Waals surface area (Å²) >= 11 is 6.42. The van der Waals surface area contributed by atoms with Crippen LogP contribution in [0.2, 0.25) is 0 Å². The molecule has 0 radical (unpaired) electrons. The first kappa shape index (κ1) is 12.5. The maximum atomic E-state index is 10.6. The molecule has 0 saturated carbocycles. The van der Waals surface area contributed by atoms with Gasteiger partial charge in [-0.15, -0.1) is 22.7 Å². The number of carboxylic acid groups (broad SMARTS) is 1. The van der Waals surface area contributed by atoms with E-state index in [0.29, 0.717) is 5.13 Å². The maximum absolute atomic E-state index is 10.6. The van der Waals surface area contributed by atoms with Crippen LogP contribution in [0.5, 0.6) is 0 Å². The lowest BCUT2D eigenvalue weighted by atomic mass is 10.3. The van der Waals surface area contributed by atoms with Gasteiger partial charge in [0.15, 0.2) is 10.8 Å². The molecule has 2 aromatic rings. The van der Waals surface area contributed by atoms with E-state index in [1.807, 2.05) is 6.07 Å². The highest BCUT2D eigenvalue weighted by Crippen LogP contribution is 2.22. The summed E-state index contributed by atoms with van der Waals surface area (Å²) in [6.45, 7) is 0.750. The highest BCUT2D eigenvalue weighted by atomic mass is 79.9. The molecule has 0 amide bonds. The number of thiophene rings is 1. The number of nitrogens with one attached hydrogen (secondary N) is 1. The minimum atomic E-state index is -0.989. The first-order valence-electron chi connectivity index (χ1n) is 4.82. The quantitative estimate of drug-likeness (QED) is 0.881. The number of anilines is 1. The fourth-order valence-corrected chi connectivity index (χ4v) is 3.43. The summed E-state index contributed by atoms with van der Waals surface area (Å²) in [6, 6.07) is 4.09. The van der Waals surface area contributed by atoms with Gasteiger partial charge in [-0.3, -0.25) is 0 Å². The van der Waals surface area contributed by atoms with Gasteiger partial charge >= 0.3 is 5.97 Å². The van der Waals surface area contributed by atoms with E-state index in [4.69, 9.17) is 5.11 Å². The topological polar surface area (TPSA) is 62.2 Å². The number of thiazole rings is 1. The number of aromatic carboxylic acids is 1. The second-order valence-electron chi connectivity index (χ2n) is 3.23. The van der Waals surface area contributed by atoms with Gasteiger partial charge in [0.25, 0.3) is 0 Å². The highest BCUT2D eigenvalue weighted by molar-refractivity contribution is 9.11. The molecule has 0 bridgehead atoms. The molecule has 90 valence electrons. The van der Waals surface area contributed by atoms with E-state index >= 15 is 0 Å². The number of rotatable bonds is 5. The fraction of sp³-hybridized carbons (Fsp3) is 0.200. The maximum Gasteiger partial charge on any atom is 0.355 e. The van der Waals surface area contributed by atoms with Crippen molar-refractivity contribution in [1.29, 1.82) is 0 Å². The Morgan fingerprint density at radius 3 is 2.94 bits per heavy atom. The van der Waals surface area contributed by atoms with Gasteiger partial charge in [-0.25, -0.2) is 9.78 Å². The summed E-state index contributed by atoms with van der Waals surface area (Å²) < 4.78 is 1.12. The molecule has 0 aliphatic heterocycles. The monoisotopic (exact) mass is 332 g/mol. The average molecular weight is 333 g/mol. The minimum absolute atomic E-state index is 0.0939. The lowest BCUT2D eigenvalue weighted by molar-refractivity contribution is 0.0691. The SMILES string of the molecule is O=C(O)c1csc(NCCc2ccc(Br)s2)n1. The molecule has 0 aromatic carbocycles. The zero-order chi connectivity index (χ0) is 12.3. The second-order valence-corrected chi connectivity index (χ2v) is 6.63. The lowest BCUT2D eigenvalue weighted by Gasteiger charge is -1.99. The molecule has 2 heterocycles. The Morgan fingerprint density at radius 2 is 2.35 bits per heavy atom. The Hall–Kier alpha value is -0.920. The van der Waals surface area contributed by atoms with Crippen LogP contribution < -0.4 is 5.32 Å². The number of carboxylic acids is 1. The summed E-state index contributed by atoms with van der Waals surface area (Å²) in [5.74, 6) is -0.989. The molecule has 4 nitrogen and oxygen atoms in total. The first-order valence-corrected chi connectivity index (χ1v) is 7.31. The summed E-state index contributed by atoms with van der Waals surface area (Å²) in [7, 11) is 0. The van der Waals surface area contributed by atoms with Crippen molar-refractivity contribution in [1.82, 2.24) is 4.98 Å². The molecule has 2 rings (SSSR count). The smallest absolute Gasteiger partial charge is 0.355 e. The summed E-state index contributed by atoms with van der Waals surface area (Å²) in [5, 5.41) is 14.0. The Balaban J connectivity index is 1.83. The number of carbonyl (C=O) groups is 1. The van der Waals surface area contributed by atoms with Crippen molar-refractivity contribution in [3.05, 3.63) is 31.9 Å². The van der Waals surface area contributed by atoms with Gasteiger partial charge in [0.2, 0.25) is 0 Å². The van der Waals surface area contributed by atoms with Crippen molar-refractivity contribution < 1.29 is 9.90 Å². The zero-order valence-electron chi connectivity index (χ0n) is 8.64. The van der Waals surface area contributed by atoms with Crippen LogP contribution in [0.4, 0.5) is 5.13 Å². The summed E-state index contributed by atoms with van der Waals surface area (Å²) in [6.07, 6.45) is 0.901. The largest absolute Gasteiger partial charge is 0.476 e. The van der Waals surface area contributed by atoms with Crippen LogP contribution in [0.25, 0.3) is 0 Å². The molecular weight excluding hydrogens is 324 g/mol. The Morgan fingerprint density at radius 1 is 1.53 bits per heavy atom. The number of hydrogen-bond donors (Lipinski definition) is 2. The van der Waals surface area contributed by atoms with Crippen molar-refractivity contribution in [2.45, 2.75) is 6.42 Å². The van der Waals surface area contributed by atoms with E-state index < -0.39 is 5.97 Å². The third-order valence-electron chi connectivity index (χ3n) is 2.00. The minimum Gasteiger partial charge on any atom is -0.476 e. The molecule has 17 heavy (non-hydrogen) atoms. The van der Waals surface area contributed by atoms with Gasteiger partial charge in [0.05, 0.1) is 3.79 Å². The van der Waals surface area contributed by atoms with Crippen LogP contribution in [0, 0.1) is 0 Å². The van der Waals surface area contributed by atoms with Crippen LogP contribution in [0.3, 0.4) is 0 Å². The van der Waals surface area contributed by atoms with Gasteiger partial charge in [-0.2, -0.15) is 0 Å². The normalized spacial score (nSPS) is 10.4. The van der Waals surface area contributed by atoms with Gasteiger partial charge in [0.1, 0.15) is 0 Å². The number of aromatic nitrogens is 1. The molecular formula is C10H9BrN2O2S2. The molecule has 2 N–H and O–H groups in total. The lowest BCUT2D eigenvalue weighted by Crippen LogP contribution is -2.04. The van der Waals surface area contributed by atoms with Crippen molar-refractivity contribution in [2.24, 2.45) is 0 Å². The van der Waals surface area contributed by atoms with E-state index in [9.17, 15) is 4.79 Å².